The molecule has 1 atom stereocenters. The Morgan fingerprint density at radius 1 is 1.33 bits per heavy atom. The largest absolute Gasteiger partial charge is 0.369 e. The Labute approximate surface area is 116 Å². The first-order valence-corrected chi connectivity index (χ1v) is 5.29. The van der Waals surface area contributed by atoms with Gasteiger partial charge in [0.1, 0.15) is 17.6 Å². The molecule has 0 spiro atoms. The zero-order valence-corrected chi connectivity index (χ0v) is 11.1. The van der Waals surface area contributed by atoms with Gasteiger partial charge in [0.2, 0.25) is 0 Å². The third-order valence-electron chi connectivity index (χ3n) is 2.73. The number of H-pyrrole nitrogens is 1. The minimum Gasteiger partial charge on any atom is -0.369 e. The molecule has 3 heterocycles. The fourth-order valence-electron chi connectivity index (χ4n) is 1.95. The molecule has 0 saturated carbocycles. The second kappa shape index (κ2) is 6.33. The number of rotatable bonds is 1. The number of aromatic nitrogens is 2. The summed E-state index contributed by atoms with van der Waals surface area (Å²) in [6.45, 7) is 2.35. The Bertz CT molecular complexity index is 514. The SMILES string of the molecule is Cl.Cl.Fc1cnc2[nH]c(C3CNCCO3)cc2c1. The average molecular weight is 294 g/mol. The van der Waals surface area contributed by atoms with E-state index in [1.165, 1.54) is 12.3 Å². The molecule has 4 nitrogen and oxygen atoms in total. The summed E-state index contributed by atoms with van der Waals surface area (Å²) in [5.41, 5.74) is 1.64. The lowest BCUT2D eigenvalue weighted by molar-refractivity contribution is 0.0255. The van der Waals surface area contributed by atoms with Gasteiger partial charge < -0.3 is 15.0 Å². The van der Waals surface area contributed by atoms with Crippen molar-refractivity contribution >= 4 is 35.8 Å². The first kappa shape index (κ1) is 15.2. The van der Waals surface area contributed by atoms with Crippen molar-refractivity contribution in [2.24, 2.45) is 0 Å². The summed E-state index contributed by atoms with van der Waals surface area (Å²) in [5, 5.41) is 4.03. The van der Waals surface area contributed by atoms with Crippen LogP contribution in [0.1, 0.15) is 11.8 Å². The van der Waals surface area contributed by atoms with Crippen LogP contribution in [0.15, 0.2) is 18.3 Å². The lowest BCUT2D eigenvalue weighted by Gasteiger charge is -2.22. The topological polar surface area (TPSA) is 49.9 Å². The Kier molecular flexibility index (Phi) is 5.34. The van der Waals surface area contributed by atoms with Crippen LogP contribution in [0.25, 0.3) is 11.0 Å². The van der Waals surface area contributed by atoms with E-state index in [9.17, 15) is 4.39 Å². The smallest absolute Gasteiger partial charge is 0.142 e. The maximum Gasteiger partial charge on any atom is 0.142 e. The number of halogens is 3. The summed E-state index contributed by atoms with van der Waals surface area (Å²) in [6.07, 6.45) is 1.22. The van der Waals surface area contributed by atoms with E-state index < -0.39 is 0 Å². The summed E-state index contributed by atoms with van der Waals surface area (Å²) in [6, 6.07) is 3.36. The molecule has 1 fully saturated rings. The predicted octanol–water partition coefficient (Wildman–Crippen LogP) is 2.21. The van der Waals surface area contributed by atoms with E-state index in [0.717, 1.165) is 24.2 Å². The van der Waals surface area contributed by atoms with Crippen LogP contribution in [-0.4, -0.2) is 29.7 Å². The van der Waals surface area contributed by atoms with Gasteiger partial charge in [0, 0.05) is 24.2 Å². The third kappa shape index (κ3) is 2.92. The highest BCUT2D eigenvalue weighted by molar-refractivity contribution is 5.85. The molecule has 2 aromatic heterocycles. The minimum atomic E-state index is -0.319. The van der Waals surface area contributed by atoms with Gasteiger partial charge in [-0.15, -0.1) is 24.8 Å². The van der Waals surface area contributed by atoms with Crippen molar-refractivity contribution in [3.63, 3.8) is 0 Å². The first-order chi connectivity index (χ1) is 7.83. The van der Waals surface area contributed by atoms with Crippen LogP contribution in [-0.2, 0) is 4.74 Å². The van der Waals surface area contributed by atoms with Gasteiger partial charge in [-0.2, -0.15) is 0 Å². The van der Waals surface area contributed by atoms with E-state index in [1.807, 2.05) is 6.07 Å². The molecule has 0 amide bonds. The van der Waals surface area contributed by atoms with Gasteiger partial charge in [-0.3, -0.25) is 0 Å². The van der Waals surface area contributed by atoms with Crippen molar-refractivity contribution in [1.82, 2.24) is 15.3 Å². The Morgan fingerprint density at radius 3 is 2.89 bits per heavy atom. The molecule has 18 heavy (non-hydrogen) atoms. The highest BCUT2D eigenvalue weighted by atomic mass is 35.5. The summed E-state index contributed by atoms with van der Waals surface area (Å²) in [4.78, 5) is 7.14. The summed E-state index contributed by atoms with van der Waals surface area (Å²) in [5.74, 6) is -0.319. The number of hydrogen-bond acceptors (Lipinski definition) is 3. The van der Waals surface area contributed by atoms with E-state index in [4.69, 9.17) is 4.74 Å². The molecule has 0 radical (unpaired) electrons. The van der Waals surface area contributed by atoms with Gasteiger partial charge in [0.25, 0.3) is 0 Å². The molecule has 1 aliphatic heterocycles. The maximum absolute atomic E-state index is 13.0. The Hall–Kier alpha value is -0.880. The van der Waals surface area contributed by atoms with Gasteiger partial charge in [-0.25, -0.2) is 9.37 Å². The monoisotopic (exact) mass is 293 g/mol. The Balaban J connectivity index is 0.000000810. The number of aromatic amines is 1. The van der Waals surface area contributed by atoms with Gasteiger partial charge in [-0.05, 0) is 12.1 Å². The van der Waals surface area contributed by atoms with Crippen LogP contribution in [0.3, 0.4) is 0 Å². The molecule has 1 unspecified atom stereocenters. The number of hydrogen-bond donors (Lipinski definition) is 2. The van der Waals surface area contributed by atoms with Crippen LogP contribution < -0.4 is 5.32 Å². The van der Waals surface area contributed by atoms with Gasteiger partial charge >= 0.3 is 0 Å². The van der Waals surface area contributed by atoms with Crippen molar-refractivity contribution < 1.29 is 9.13 Å². The molecule has 0 aromatic carbocycles. The molecule has 2 N–H and O–H groups in total. The molecule has 100 valence electrons. The lowest BCUT2D eigenvalue weighted by Crippen LogP contribution is -2.33. The lowest BCUT2D eigenvalue weighted by atomic mass is 10.2. The van der Waals surface area contributed by atoms with Crippen molar-refractivity contribution in [3.05, 3.63) is 29.8 Å². The number of pyridine rings is 1. The molecule has 0 aliphatic carbocycles. The van der Waals surface area contributed by atoms with Crippen LogP contribution in [0, 0.1) is 5.82 Å². The van der Waals surface area contributed by atoms with Gasteiger partial charge in [-0.1, -0.05) is 0 Å². The normalized spacial score (nSPS) is 19.1. The maximum atomic E-state index is 13.0. The first-order valence-electron chi connectivity index (χ1n) is 5.29. The average Bonchev–Trinajstić information content (AvgIpc) is 2.73. The van der Waals surface area contributed by atoms with Crippen LogP contribution in [0.5, 0.6) is 0 Å². The number of fused-ring (bicyclic) bond motifs is 1. The molecule has 1 saturated heterocycles. The molecule has 3 rings (SSSR count). The van der Waals surface area contributed by atoms with E-state index in [2.05, 4.69) is 15.3 Å². The van der Waals surface area contributed by atoms with Gasteiger partial charge in [0.15, 0.2) is 0 Å². The van der Waals surface area contributed by atoms with Crippen molar-refractivity contribution in [1.29, 1.82) is 0 Å². The zero-order chi connectivity index (χ0) is 11.0. The van der Waals surface area contributed by atoms with E-state index in [1.54, 1.807) is 0 Å². The molecular formula is C11H14Cl2FN3O. The van der Waals surface area contributed by atoms with Gasteiger partial charge in [0.05, 0.1) is 12.8 Å². The van der Waals surface area contributed by atoms with E-state index in [0.29, 0.717) is 12.3 Å². The van der Waals surface area contributed by atoms with Crippen molar-refractivity contribution in [2.75, 3.05) is 19.7 Å². The Morgan fingerprint density at radius 2 is 2.17 bits per heavy atom. The van der Waals surface area contributed by atoms with Crippen LogP contribution in [0.2, 0.25) is 0 Å². The second-order valence-corrected chi connectivity index (χ2v) is 3.88. The van der Waals surface area contributed by atoms with E-state index in [-0.39, 0.29) is 36.7 Å². The molecule has 2 aromatic rings. The summed E-state index contributed by atoms with van der Waals surface area (Å²) >= 11 is 0. The van der Waals surface area contributed by atoms with Crippen LogP contribution >= 0.6 is 24.8 Å². The number of ether oxygens (including phenoxy) is 1. The third-order valence-corrected chi connectivity index (χ3v) is 2.73. The molecule has 1 aliphatic rings. The summed E-state index contributed by atoms with van der Waals surface area (Å²) < 4.78 is 18.6. The number of nitrogens with zero attached hydrogens (tertiary/aromatic N) is 1. The van der Waals surface area contributed by atoms with Crippen LogP contribution in [0.4, 0.5) is 4.39 Å². The number of nitrogens with one attached hydrogen (secondary N) is 2. The van der Waals surface area contributed by atoms with E-state index >= 15 is 0 Å². The predicted molar refractivity (Wildman–Crippen MR) is 72.1 cm³/mol. The standard InChI is InChI=1S/C11H12FN3O.2ClH/c12-8-3-7-4-9(15-11(7)14-5-8)10-6-13-1-2-16-10;;/h3-5,10,13H,1-2,6H2,(H,14,15);2*1H. The minimum absolute atomic E-state index is 0. The molecule has 7 heteroatoms. The fourth-order valence-corrected chi connectivity index (χ4v) is 1.95. The van der Waals surface area contributed by atoms with Crippen molar-refractivity contribution in [2.45, 2.75) is 6.10 Å². The van der Waals surface area contributed by atoms with Crippen molar-refractivity contribution in [3.8, 4) is 0 Å². The second-order valence-electron chi connectivity index (χ2n) is 3.88. The zero-order valence-electron chi connectivity index (χ0n) is 9.48. The quantitative estimate of drug-likeness (QED) is 0.848. The number of morpholine rings is 1. The highest BCUT2D eigenvalue weighted by Gasteiger charge is 2.17. The summed E-state index contributed by atoms with van der Waals surface area (Å²) in [7, 11) is 0. The molecule has 0 bridgehead atoms. The fraction of sp³-hybridized carbons (Fsp3) is 0.364. The molecular weight excluding hydrogens is 280 g/mol. The highest BCUT2D eigenvalue weighted by Crippen LogP contribution is 2.22.